The molecule has 38 heavy (non-hydrogen) atoms. The number of benzene rings is 2. The number of aliphatic hydroxyl groups is 1. The molecule has 3 heterocycles. The van der Waals surface area contributed by atoms with Gasteiger partial charge in [0.2, 0.25) is 0 Å². The van der Waals surface area contributed by atoms with Crippen molar-refractivity contribution in [2.24, 2.45) is 5.41 Å². The zero-order valence-electron chi connectivity index (χ0n) is 21.5. The second-order valence-corrected chi connectivity index (χ2v) is 10.6. The predicted octanol–water partition coefficient (Wildman–Crippen LogP) is 5.53. The van der Waals surface area contributed by atoms with Crippen LogP contribution in [-0.2, 0) is 6.42 Å². The van der Waals surface area contributed by atoms with E-state index in [2.05, 4.69) is 19.9 Å². The van der Waals surface area contributed by atoms with Crippen LogP contribution < -0.4 is 9.64 Å². The van der Waals surface area contributed by atoms with Gasteiger partial charge in [-0.3, -0.25) is 4.98 Å². The fourth-order valence-corrected chi connectivity index (χ4v) is 6.51. The molecule has 0 radical (unpaired) electrons. The maximum Gasteiger partial charge on any atom is 0.318 e. The standard InChI is InChI=1S/C29H30F2N4O3/c1-3-19-22(30)6-5-16-11-18(37)12-20(23(16)19)25-24(31)26-21(14-32-25)27(34-28(33-26)38-2)35-10-4-8-29(15-35)9-7-17(36)13-29/h5-6,11-12,14,17,36-37H,3-4,7-10,13,15H2,1-2H3. The SMILES string of the molecule is CCc1c(F)ccc2cc(O)cc(-c3ncc4c(N5CCCC6(CCC(O)C6)C5)nc(OC)nc4c3F)c12. The molecule has 2 N–H and O–H groups in total. The van der Waals surface area contributed by atoms with Gasteiger partial charge < -0.3 is 19.8 Å². The lowest BCUT2D eigenvalue weighted by atomic mass is 9.78. The van der Waals surface area contributed by atoms with Crippen LogP contribution in [0.3, 0.4) is 0 Å². The number of phenolic OH excluding ortho intramolecular Hbond substituents is 1. The molecule has 198 valence electrons. The molecule has 0 amide bonds. The molecule has 2 aliphatic rings. The largest absolute Gasteiger partial charge is 0.508 e. The number of ether oxygens (including phenoxy) is 1. The molecule has 1 spiro atoms. The lowest BCUT2D eigenvalue weighted by Gasteiger charge is -2.41. The van der Waals surface area contributed by atoms with Gasteiger partial charge in [0.25, 0.3) is 0 Å². The molecule has 2 fully saturated rings. The second-order valence-electron chi connectivity index (χ2n) is 10.6. The van der Waals surface area contributed by atoms with E-state index in [9.17, 15) is 14.6 Å². The summed E-state index contributed by atoms with van der Waals surface area (Å²) in [5, 5.41) is 22.2. The van der Waals surface area contributed by atoms with E-state index in [1.54, 1.807) is 12.3 Å². The van der Waals surface area contributed by atoms with E-state index in [-0.39, 0.29) is 34.5 Å². The van der Waals surface area contributed by atoms with Crippen molar-refractivity contribution in [1.29, 1.82) is 0 Å². The van der Waals surface area contributed by atoms with Crippen LogP contribution >= 0.6 is 0 Å². The normalized spacial score (nSPS) is 21.6. The molecule has 1 aliphatic heterocycles. The number of aryl methyl sites for hydroxylation is 1. The number of piperidine rings is 1. The minimum Gasteiger partial charge on any atom is -0.508 e. The summed E-state index contributed by atoms with van der Waals surface area (Å²) >= 11 is 0. The molecule has 2 aromatic carbocycles. The lowest BCUT2D eigenvalue weighted by molar-refractivity contribution is 0.149. The molecule has 1 aliphatic carbocycles. The van der Waals surface area contributed by atoms with Crippen molar-refractivity contribution in [3.63, 3.8) is 0 Å². The van der Waals surface area contributed by atoms with Crippen LogP contribution in [0.1, 0.15) is 44.6 Å². The zero-order valence-corrected chi connectivity index (χ0v) is 21.5. The van der Waals surface area contributed by atoms with Gasteiger partial charge in [-0.05, 0) is 78.5 Å². The van der Waals surface area contributed by atoms with E-state index in [1.807, 2.05) is 6.92 Å². The van der Waals surface area contributed by atoms with Crippen LogP contribution in [0.15, 0.2) is 30.5 Å². The number of hydrogen-bond acceptors (Lipinski definition) is 7. The highest BCUT2D eigenvalue weighted by Crippen LogP contribution is 2.46. The minimum absolute atomic E-state index is 0.00912. The van der Waals surface area contributed by atoms with Crippen LogP contribution in [0.2, 0.25) is 0 Å². The quantitative estimate of drug-likeness (QED) is 0.366. The first-order valence-corrected chi connectivity index (χ1v) is 13.1. The average molecular weight is 521 g/mol. The highest BCUT2D eigenvalue weighted by molar-refractivity contribution is 6.01. The lowest BCUT2D eigenvalue weighted by Crippen LogP contribution is -2.43. The van der Waals surface area contributed by atoms with Crippen LogP contribution in [0, 0.1) is 17.0 Å². The second kappa shape index (κ2) is 9.31. The van der Waals surface area contributed by atoms with Gasteiger partial charge in [-0.25, -0.2) is 8.78 Å². The highest BCUT2D eigenvalue weighted by Gasteiger charge is 2.42. The Kier molecular flexibility index (Phi) is 6.06. The van der Waals surface area contributed by atoms with Crippen LogP contribution in [-0.4, -0.2) is 51.5 Å². The number of aliphatic hydroxyl groups excluding tert-OH is 1. The summed E-state index contributed by atoms with van der Waals surface area (Å²) in [5.41, 5.74) is 0.757. The van der Waals surface area contributed by atoms with Gasteiger partial charge in [-0.15, -0.1) is 0 Å². The number of rotatable bonds is 4. The van der Waals surface area contributed by atoms with Crippen LogP contribution in [0.25, 0.3) is 32.9 Å². The Bertz CT molecular complexity index is 1560. The Hall–Kier alpha value is -3.59. The smallest absolute Gasteiger partial charge is 0.318 e. The third-order valence-electron chi connectivity index (χ3n) is 8.23. The molecule has 6 rings (SSSR count). The first-order chi connectivity index (χ1) is 18.3. The van der Waals surface area contributed by atoms with Crippen molar-refractivity contribution in [3.8, 4) is 23.0 Å². The highest BCUT2D eigenvalue weighted by atomic mass is 19.1. The van der Waals surface area contributed by atoms with E-state index in [4.69, 9.17) is 4.74 Å². The van der Waals surface area contributed by atoms with E-state index in [1.165, 1.54) is 25.3 Å². The molecule has 0 bridgehead atoms. The number of fused-ring (bicyclic) bond motifs is 2. The van der Waals surface area contributed by atoms with Gasteiger partial charge in [-0.2, -0.15) is 9.97 Å². The molecule has 1 saturated carbocycles. The maximum absolute atomic E-state index is 16.3. The fourth-order valence-electron chi connectivity index (χ4n) is 6.51. The average Bonchev–Trinajstić information content (AvgIpc) is 3.27. The Balaban J connectivity index is 1.53. The van der Waals surface area contributed by atoms with Crippen LogP contribution in [0.4, 0.5) is 14.6 Å². The van der Waals surface area contributed by atoms with Crippen molar-refractivity contribution in [2.45, 2.75) is 51.6 Å². The Morgan fingerprint density at radius 3 is 2.76 bits per heavy atom. The predicted molar refractivity (Wildman–Crippen MR) is 142 cm³/mol. The third kappa shape index (κ3) is 4.00. The summed E-state index contributed by atoms with van der Waals surface area (Å²) in [6, 6.07) is 5.91. The van der Waals surface area contributed by atoms with Crippen molar-refractivity contribution in [1.82, 2.24) is 15.0 Å². The molecular formula is C29H30F2N4O3. The van der Waals surface area contributed by atoms with Crippen molar-refractivity contribution in [3.05, 3.63) is 47.7 Å². The summed E-state index contributed by atoms with van der Waals surface area (Å²) in [6.45, 7) is 3.28. The van der Waals surface area contributed by atoms with Crippen molar-refractivity contribution in [2.75, 3.05) is 25.1 Å². The number of hydrogen-bond donors (Lipinski definition) is 2. The van der Waals surface area contributed by atoms with E-state index >= 15 is 4.39 Å². The minimum atomic E-state index is -0.689. The number of nitrogens with zero attached hydrogens (tertiary/aromatic N) is 4. The number of anilines is 1. The van der Waals surface area contributed by atoms with Gasteiger partial charge in [0.1, 0.15) is 28.6 Å². The molecule has 2 atom stereocenters. The number of methoxy groups -OCH3 is 1. The number of pyridine rings is 1. The Morgan fingerprint density at radius 2 is 2.03 bits per heavy atom. The summed E-state index contributed by atoms with van der Waals surface area (Å²) in [5.74, 6) is -0.603. The maximum atomic E-state index is 16.3. The fraction of sp³-hybridized carbons (Fsp3) is 0.414. The molecule has 2 unspecified atom stereocenters. The first kappa shape index (κ1) is 24.7. The Labute approximate surface area is 219 Å². The summed E-state index contributed by atoms with van der Waals surface area (Å²) in [6.07, 6.45) is 6.12. The monoisotopic (exact) mass is 520 g/mol. The molecule has 7 nitrogen and oxygen atoms in total. The summed E-state index contributed by atoms with van der Waals surface area (Å²) in [4.78, 5) is 15.6. The van der Waals surface area contributed by atoms with Gasteiger partial charge in [0.05, 0.1) is 18.6 Å². The molecule has 1 saturated heterocycles. The van der Waals surface area contributed by atoms with Crippen LogP contribution in [0.5, 0.6) is 11.8 Å². The zero-order chi connectivity index (χ0) is 26.6. The molecular weight excluding hydrogens is 490 g/mol. The topological polar surface area (TPSA) is 91.6 Å². The van der Waals surface area contributed by atoms with Gasteiger partial charge >= 0.3 is 6.01 Å². The summed E-state index contributed by atoms with van der Waals surface area (Å²) in [7, 11) is 1.44. The number of halogens is 2. The van der Waals surface area contributed by atoms with Crippen molar-refractivity contribution < 1.29 is 23.7 Å². The molecule has 9 heteroatoms. The number of phenols is 1. The Morgan fingerprint density at radius 1 is 1.18 bits per heavy atom. The van der Waals surface area contributed by atoms with Gasteiger partial charge in [0.15, 0.2) is 5.82 Å². The molecule has 2 aromatic heterocycles. The first-order valence-electron chi connectivity index (χ1n) is 13.1. The number of aromatic hydroxyl groups is 1. The third-order valence-corrected chi connectivity index (χ3v) is 8.23. The molecule has 4 aromatic rings. The van der Waals surface area contributed by atoms with E-state index in [0.717, 1.165) is 38.6 Å². The van der Waals surface area contributed by atoms with Crippen molar-refractivity contribution >= 4 is 27.5 Å². The van der Waals surface area contributed by atoms with E-state index in [0.29, 0.717) is 46.1 Å². The van der Waals surface area contributed by atoms with Gasteiger partial charge in [0, 0.05) is 24.8 Å². The van der Waals surface area contributed by atoms with Gasteiger partial charge in [-0.1, -0.05) is 13.0 Å². The van der Waals surface area contributed by atoms with E-state index < -0.39 is 11.6 Å². The number of aromatic nitrogens is 3. The summed E-state index contributed by atoms with van der Waals surface area (Å²) < 4.78 is 36.4.